The smallest absolute Gasteiger partial charge is 0.252 e. The molecule has 3 aliphatic carbocycles. The Bertz CT molecular complexity index is 4200. The quantitative estimate of drug-likeness (QED) is 0.163. The van der Waals surface area contributed by atoms with Gasteiger partial charge in [-0.15, -0.1) is 11.3 Å². The highest BCUT2D eigenvalue weighted by atomic mass is 32.1. The first-order chi connectivity index (χ1) is 37.8. The molecule has 9 aromatic rings. The molecule has 1 saturated carbocycles. The van der Waals surface area contributed by atoms with Gasteiger partial charge < -0.3 is 14.7 Å². The van der Waals surface area contributed by atoms with E-state index in [2.05, 4.69) is 258 Å². The highest BCUT2D eigenvalue weighted by Crippen LogP contribution is 2.63. The van der Waals surface area contributed by atoms with Crippen LogP contribution < -0.4 is 31.1 Å². The van der Waals surface area contributed by atoms with E-state index in [9.17, 15) is 0 Å². The monoisotopic (exact) mass is 1060 g/mol. The minimum absolute atomic E-state index is 0.00340. The van der Waals surface area contributed by atoms with E-state index in [1.807, 2.05) is 11.3 Å². The molecule has 2 atom stereocenters. The average Bonchev–Trinajstić information content (AvgIpc) is 4.17. The number of benzene rings is 8. The summed E-state index contributed by atoms with van der Waals surface area (Å²) in [6.07, 6.45) is 5.97. The zero-order valence-corrected chi connectivity index (χ0v) is 51.0. The van der Waals surface area contributed by atoms with Crippen LogP contribution in [0.1, 0.15) is 178 Å². The van der Waals surface area contributed by atoms with Crippen LogP contribution in [0.3, 0.4) is 0 Å². The SMILES string of the molecule is Cc1cc2c3c(c1)N(c1cccc4c1sc1ccccc14)c1cc(N4c5ccc(C(C)(C)C)cc5C5(C)CCCCC45C)ccc1B3c1cc3c(cc1N2c1cc2c(cc1C)C(C)(C)CC2(C)C)C(C)(C)c1ccccc1C3(C)C. The van der Waals surface area contributed by atoms with Crippen LogP contribution in [0.5, 0.6) is 0 Å². The average molecular weight is 1060 g/mol. The molecular formula is C75H78BN3S. The van der Waals surface area contributed by atoms with Crippen LogP contribution >= 0.6 is 11.3 Å². The predicted octanol–water partition coefficient (Wildman–Crippen LogP) is 18.7. The Labute approximate surface area is 481 Å². The summed E-state index contributed by atoms with van der Waals surface area (Å²) < 4.78 is 2.66. The largest absolute Gasteiger partial charge is 0.334 e. The number of hydrogen-bond acceptors (Lipinski definition) is 4. The van der Waals surface area contributed by atoms with Crippen molar-refractivity contribution >= 4 is 100 Å². The van der Waals surface area contributed by atoms with Gasteiger partial charge in [0.1, 0.15) is 0 Å². The van der Waals surface area contributed by atoms with Crippen molar-refractivity contribution in [2.24, 2.45) is 0 Å². The normalized spacial score (nSPS) is 22.1. The number of anilines is 8. The molecule has 0 amide bonds. The van der Waals surface area contributed by atoms with Crippen molar-refractivity contribution in [1.29, 1.82) is 0 Å². The molecule has 0 bridgehead atoms. The van der Waals surface area contributed by atoms with Crippen LogP contribution in [0.25, 0.3) is 20.2 Å². The Hall–Kier alpha value is -6.56. The first kappa shape index (κ1) is 50.4. The van der Waals surface area contributed by atoms with Crippen LogP contribution in [0.2, 0.25) is 0 Å². The molecule has 0 radical (unpaired) electrons. The molecule has 8 aromatic carbocycles. The standard InChI is InChI=1S/C75H78BN3S/c1-44-35-64-67-65(36-44)78(61-41-53-52(37-45(61)2)70(6,7)43-71(53,8)9)63-42-55-54(72(10,11)50-25-17-18-26-51(50)73(55,12)13)40-58(63)76(67)57-31-30-47(39-62(57)77(64)60-27-22-24-49-48-23-16-19-28-66(48)80-68(49)60)79-59-32-29-46(69(3,4)5)38-56(59)74(14)33-20-21-34-75(74,79)15/h16-19,22-32,35-42H,20-21,33-34,43H2,1-15H3. The zero-order chi connectivity index (χ0) is 55.7. The van der Waals surface area contributed by atoms with Gasteiger partial charge in [-0.05, 0) is 183 Å². The summed E-state index contributed by atoms with van der Waals surface area (Å²) in [6.45, 7) is 36.8. The van der Waals surface area contributed by atoms with Gasteiger partial charge in [-0.2, -0.15) is 0 Å². The maximum atomic E-state index is 2.82. The van der Waals surface area contributed by atoms with E-state index >= 15 is 0 Å². The van der Waals surface area contributed by atoms with E-state index < -0.39 is 0 Å². The molecule has 2 unspecified atom stereocenters. The summed E-state index contributed by atoms with van der Waals surface area (Å²) in [5, 5.41) is 2.65. The molecule has 6 aliphatic rings. The van der Waals surface area contributed by atoms with Crippen LogP contribution in [-0.4, -0.2) is 12.3 Å². The van der Waals surface area contributed by atoms with E-state index in [4.69, 9.17) is 0 Å². The molecule has 4 heterocycles. The third-order valence-corrected chi connectivity index (χ3v) is 22.9. The minimum Gasteiger partial charge on any atom is -0.334 e. The molecule has 1 aromatic heterocycles. The van der Waals surface area contributed by atoms with E-state index in [-0.39, 0.29) is 44.7 Å². The van der Waals surface area contributed by atoms with Crippen molar-refractivity contribution in [3.05, 3.63) is 195 Å². The number of rotatable bonds is 3. The van der Waals surface area contributed by atoms with Crippen molar-refractivity contribution in [2.75, 3.05) is 14.7 Å². The maximum Gasteiger partial charge on any atom is 0.252 e. The van der Waals surface area contributed by atoms with Crippen LogP contribution in [0.15, 0.2) is 140 Å². The van der Waals surface area contributed by atoms with Gasteiger partial charge in [-0.1, -0.05) is 181 Å². The lowest BCUT2D eigenvalue weighted by Crippen LogP contribution is -2.62. The second-order valence-electron chi connectivity index (χ2n) is 29.3. The summed E-state index contributed by atoms with van der Waals surface area (Å²) in [5.41, 5.74) is 28.4. The lowest BCUT2D eigenvalue weighted by atomic mass is 9.33. The van der Waals surface area contributed by atoms with Gasteiger partial charge >= 0.3 is 0 Å². The summed E-state index contributed by atoms with van der Waals surface area (Å²) in [4.78, 5) is 8.29. The number of fused-ring (bicyclic) bond motifs is 13. The third kappa shape index (κ3) is 6.51. The molecule has 0 saturated heterocycles. The molecular weight excluding hydrogens is 986 g/mol. The van der Waals surface area contributed by atoms with E-state index in [0.29, 0.717) is 0 Å². The van der Waals surface area contributed by atoms with Crippen LogP contribution in [0.4, 0.5) is 45.5 Å². The number of aryl methyl sites for hydroxylation is 2. The number of thiophene rings is 1. The van der Waals surface area contributed by atoms with Gasteiger partial charge in [0, 0.05) is 71.5 Å². The van der Waals surface area contributed by atoms with E-state index in [0.717, 1.165) is 12.8 Å². The Morgan fingerprint density at radius 2 is 1.09 bits per heavy atom. The summed E-state index contributed by atoms with van der Waals surface area (Å²) in [6, 6.07) is 56.4. The van der Waals surface area contributed by atoms with Crippen LogP contribution in [0, 0.1) is 13.8 Å². The Morgan fingerprint density at radius 1 is 0.475 bits per heavy atom. The van der Waals surface area contributed by atoms with Gasteiger partial charge in [0.25, 0.3) is 6.71 Å². The predicted molar refractivity (Wildman–Crippen MR) is 346 cm³/mol. The van der Waals surface area contributed by atoms with Crippen molar-refractivity contribution in [2.45, 2.75) is 174 Å². The second kappa shape index (κ2) is 16.1. The van der Waals surface area contributed by atoms with Crippen molar-refractivity contribution in [3.63, 3.8) is 0 Å². The Morgan fingerprint density at radius 3 is 1.80 bits per heavy atom. The van der Waals surface area contributed by atoms with Gasteiger partial charge in [0.15, 0.2) is 0 Å². The first-order valence-electron chi connectivity index (χ1n) is 30.0. The number of hydrogen-bond donors (Lipinski definition) is 0. The lowest BCUT2D eigenvalue weighted by molar-refractivity contribution is 0.195. The number of nitrogens with zero attached hydrogens (tertiary/aromatic N) is 3. The fourth-order valence-electron chi connectivity index (χ4n) is 17.6. The van der Waals surface area contributed by atoms with Gasteiger partial charge in [0.2, 0.25) is 0 Å². The maximum absolute atomic E-state index is 2.82. The fourth-order valence-corrected chi connectivity index (χ4v) is 18.8. The first-order valence-corrected chi connectivity index (χ1v) is 30.9. The van der Waals surface area contributed by atoms with Gasteiger partial charge in [-0.25, -0.2) is 0 Å². The summed E-state index contributed by atoms with van der Waals surface area (Å²) in [7, 11) is 0. The van der Waals surface area contributed by atoms with Crippen molar-refractivity contribution in [3.8, 4) is 0 Å². The third-order valence-electron chi connectivity index (χ3n) is 21.7. The summed E-state index contributed by atoms with van der Waals surface area (Å²) in [5.74, 6) is 0. The molecule has 1 fully saturated rings. The molecule has 15 rings (SSSR count). The molecule has 80 heavy (non-hydrogen) atoms. The van der Waals surface area contributed by atoms with E-state index in [1.54, 1.807) is 0 Å². The molecule has 3 nitrogen and oxygen atoms in total. The second-order valence-corrected chi connectivity index (χ2v) is 30.4. The fraction of sp³-hybridized carbons (Fsp3) is 0.360. The molecule has 3 aliphatic heterocycles. The Balaban J connectivity index is 1.05. The van der Waals surface area contributed by atoms with Crippen LogP contribution in [-0.2, 0) is 32.5 Å². The molecule has 5 heteroatoms. The van der Waals surface area contributed by atoms with E-state index in [1.165, 1.54) is 157 Å². The van der Waals surface area contributed by atoms with Gasteiger partial charge in [-0.3, -0.25) is 0 Å². The van der Waals surface area contributed by atoms with Crippen molar-refractivity contribution < 1.29 is 0 Å². The highest BCUT2D eigenvalue weighted by Gasteiger charge is 2.58. The molecule has 402 valence electrons. The Kier molecular flexibility index (Phi) is 10.2. The lowest BCUT2D eigenvalue weighted by Gasteiger charge is -2.51. The van der Waals surface area contributed by atoms with Gasteiger partial charge in [0.05, 0.1) is 15.9 Å². The molecule has 0 N–H and O–H groups in total. The molecule has 0 spiro atoms. The topological polar surface area (TPSA) is 9.72 Å². The highest BCUT2D eigenvalue weighted by molar-refractivity contribution is 7.26. The van der Waals surface area contributed by atoms with Crippen molar-refractivity contribution in [1.82, 2.24) is 0 Å². The minimum atomic E-state index is -0.223. The zero-order valence-electron chi connectivity index (χ0n) is 50.1. The summed E-state index contributed by atoms with van der Waals surface area (Å²) >= 11 is 1.94.